The Morgan fingerprint density at radius 3 is 1.54 bits per heavy atom. The van der Waals surface area contributed by atoms with Crippen LogP contribution >= 0.6 is 0 Å². The van der Waals surface area contributed by atoms with Gasteiger partial charge in [-0.05, 0) is 124 Å². The molecule has 0 saturated heterocycles. The van der Waals surface area contributed by atoms with Crippen LogP contribution in [0.5, 0.6) is 0 Å². The third-order valence-electron chi connectivity index (χ3n) is 12.2. The minimum atomic E-state index is -0.311. The highest BCUT2D eigenvalue weighted by molar-refractivity contribution is 6.03. The molecule has 0 aromatic heterocycles. The van der Waals surface area contributed by atoms with Crippen LogP contribution in [-0.4, -0.2) is 34.6 Å². The lowest BCUT2D eigenvalue weighted by molar-refractivity contribution is -0.0885. The van der Waals surface area contributed by atoms with E-state index in [1.165, 1.54) is 49.5 Å². The summed E-state index contributed by atoms with van der Waals surface area (Å²) in [5.74, 6) is 1.00. The predicted octanol–water partition coefficient (Wildman–Crippen LogP) is 9.42. The maximum absolute atomic E-state index is 14.3. The first-order chi connectivity index (χ1) is 24.4. The Labute approximate surface area is 293 Å². The zero-order valence-electron chi connectivity index (χ0n) is 28.7. The molecule has 4 amide bonds. The molecule has 2 unspecified atom stereocenters. The van der Waals surface area contributed by atoms with Crippen LogP contribution in [0.2, 0.25) is 0 Å². The maximum atomic E-state index is 14.3. The van der Waals surface area contributed by atoms with Gasteiger partial charge in [-0.25, -0.2) is 9.59 Å². The van der Waals surface area contributed by atoms with Crippen molar-refractivity contribution in [2.24, 2.45) is 11.8 Å². The van der Waals surface area contributed by atoms with E-state index < -0.39 is 0 Å². The molecule has 4 saturated carbocycles. The molecule has 0 aliphatic heterocycles. The van der Waals surface area contributed by atoms with E-state index in [0.717, 1.165) is 43.2 Å². The number of benzene rings is 6. The molecular weight excluding hydrogens is 617 g/mol. The van der Waals surface area contributed by atoms with Crippen LogP contribution in [0.1, 0.15) is 56.6 Å². The second kappa shape index (κ2) is 12.0. The SMILES string of the molecule is CCN(C(=O)NCc1c2ccccc2cc2ccccc12)C12CC3CC(CC(NC(=O)NCc4c5ccccc5cc5ccccc45)(C3)C1)C2. The summed E-state index contributed by atoms with van der Waals surface area (Å²) in [5.41, 5.74) is 1.73. The molecule has 252 valence electrons. The molecular formula is C44H44N4O2. The molecule has 6 aromatic carbocycles. The summed E-state index contributed by atoms with van der Waals surface area (Å²) in [4.78, 5) is 30.2. The quantitative estimate of drug-likeness (QED) is 0.149. The summed E-state index contributed by atoms with van der Waals surface area (Å²) in [5, 5.41) is 19.6. The first kappa shape index (κ1) is 30.9. The Bertz CT molecular complexity index is 2170. The van der Waals surface area contributed by atoms with Crippen molar-refractivity contribution >= 4 is 55.2 Å². The number of amides is 4. The lowest BCUT2D eigenvalue weighted by Gasteiger charge is -2.64. The lowest BCUT2D eigenvalue weighted by Crippen LogP contribution is -2.71. The molecule has 6 aromatic rings. The summed E-state index contributed by atoms with van der Waals surface area (Å²) >= 11 is 0. The second-order valence-electron chi connectivity index (χ2n) is 15.3. The van der Waals surface area contributed by atoms with Gasteiger partial charge in [0.05, 0.1) is 0 Å². The minimum Gasteiger partial charge on any atom is -0.334 e. The van der Waals surface area contributed by atoms with Gasteiger partial charge < -0.3 is 20.9 Å². The molecule has 6 nitrogen and oxygen atoms in total. The van der Waals surface area contributed by atoms with Gasteiger partial charge in [-0.15, -0.1) is 0 Å². The number of nitrogens with zero attached hydrogens (tertiary/aromatic N) is 1. The summed E-state index contributed by atoms with van der Waals surface area (Å²) in [7, 11) is 0. The van der Waals surface area contributed by atoms with E-state index in [-0.39, 0.29) is 23.1 Å². The average molecular weight is 661 g/mol. The Kier molecular flexibility index (Phi) is 7.45. The molecule has 4 bridgehead atoms. The van der Waals surface area contributed by atoms with Gasteiger partial charge in [0.1, 0.15) is 0 Å². The topological polar surface area (TPSA) is 73.5 Å². The smallest absolute Gasteiger partial charge is 0.318 e. The third-order valence-corrected chi connectivity index (χ3v) is 12.2. The number of hydrogen-bond donors (Lipinski definition) is 3. The van der Waals surface area contributed by atoms with Gasteiger partial charge in [0.15, 0.2) is 0 Å². The normalized spacial score (nSPS) is 23.8. The first-order valence-electron chi connectivity index (χ1n) is 18.3. The summed E-state index contributed by atoms with van der Waals surface area (Å²) in [6.07, 6.45) is 5.98. The highest BCUT2D eigenvalue weighted by Gasteiger charge is 2.60. The largest absolute Gasteiger partial charge is 0.334 e. The Hall–Kier alpha value is -5.10. The fourth-order valence-electron chi connectivity index (χ4n) is 10.7. The van der Waals surface area contributed by atoms with Crippen molar-refractivity contribution in [3.63, 3.8) is 0 Å². The van der Waals surface area contributed by atoms with Gasteiger partial charge in [0.2, 0.25) is 0 Å². The number of nitrogens with one attached hydrogen (secondary N) is 3. The summed E-state index contributed by atoms with van der Waals surface area (Å²) in [6, 6.07) is 38.1. The molecule has 0 spiro atoms. The van der Waals surface area contributed by atoms with Gasteiger partial charge in [-0.2, -0.15) is 0 Å². The van der Waals surface area contributed by atoms with Crippen molar-refractivity contribution in [3.8, 4) is 0 Å². The third kappa shape index (κ3) is 5.24. The van der Waals surface area contributed by atoms with Gasteiger partial charge in [-0.1, -0.05) is 97.1 Å². The van der Waals surface area contributed by atoms with E-state index in [4.69, 9.17) is 0 Å². The van der Waals surface area contributed by atoms with Gasteiger partial charge >= 0.3 is 12.1 Å². The second-order valence-corrected chi connectivity index (χ2v) is 15.3. The van der Waals surface area contributed by atoms with Crippen molar-refractivity contribution in [2.45, 2.75) is 69.6 Å². The van der Waals surface area contributed by atoms with E-state index in [2.05, 4.69) is 137 Å². The van der Waals surface area contributed by atoms with Crippen LogP contribution in [0.25, 0.3) is 43.1 Å². The number of hydrogen-bond acceptors (Lipinski definition) is 2. The van der Waals surface area contributed by atoms with Crippen molar-refractivity contribution in [3.05, 3.63) is 120 Å². The van der Waals surface area contributed by atoms with E-state index in [0.29, 0.717) is 31.5 Å². The number of carbonyl (C=O) groups is 2. The zero-order chi connectivity index (χ0) is 33.9. The van der Waals surface area contributed by atoms with Crippen LogP contribution in [0.3, 0.4) is 0 Å². The standard InChI is InChI=1S/C44H44N4O2/c1-2-48(42(50)46-27-40-37-17-9-5-13-33(37)21-34-14-6-10-18-38(34)40)44-24-29-19-30(25-44)23-43(22-29,28-44)47-41(49)45-26-39-35-15-7-3-11-31(35)20-32-12-4-8-16-36(32)39/h3-18,20-21,29-30H,2,19,22-28H2,1H3,(H,46,50)(H2,45,47,49). The molecule has 0 heterocycles. The number of urea groups is 2. The molecule has 2 atom stereocenters. The maximum Gasteiger partial charge on any atom is 0.318 e. The van der Waals surface area contributed by atoms with Crippen LogP contribution in [0, 0.1) is 11.8 Å². The molecule has 6 heteroatoms. The molecule has 4 aliphatic carbocycles. The van der Waals surface area contributed by atoms with Crippen LogP contribution < -0.4 is 16.0 Å². The van der Waals surface area contributed by atoms with Crippen LogP contribution in [0.15, 0.2) is 109 Å². The van der Waals surface area contributed by atoms with Crippen molar-refractivity contribution in [2.75, 3.05) is 6.54 Å². The van der Waals surface area contributed by atoms with E-state index in [1.807, 2.05) is 0 Å². The van der Waals surface area contributed by atoms with E-state index in [9.17, 15) is 9.59 Å². The molecule has 3 N–H and O–H groups in total. The monoisotopic (exact) mass is 660 g/mol. The number of fused-ring (bicyclic) bond motifs is 4. The van der Waals surface area contributed by atoms with Crippen molar-refractivity contribution in [1.29, 1.82) is 0 Å². The minimum absolute atomic E-state index is 0.00565. The Morgan fingerprint density at radius 1 is 0.640 bits per heavy atom. The number of rotatable bonds is 7. The Balaban J connectivity index is 0.945. The lowest BCUT2D eigenvalue weighted by atomic mass is 9.49. The summed E-state index contributed by atoms with van der Waals surface area (Å²) < 4.78 is 0. The fourth-order valence-corrected chi connectivity index (χ4v) is 10.7. The van der Waals surface area contributed by atoms with Crippen molar-refractivity contribution in [1.82, 2.24) is 20.9 Å². The fraction of sp³-hybridized carbons (Fsp3) is 0.318. The molecule has 4 aliphatic rings. The molecule has 50 heavy (non-hydrogen) atoms. The van der Waals surface area contributed by atoms with Gasteiger partial charge in [0.25, 0.3) is 0 Å². The van der Waals surface area contributed by atoms with Crippen LogP contribution in [-0.2, 0) is 13.1 Å². The van der Waals surface area contributed by atoms with Gasteiger partial charge in [0, 0.05) is 30.7 Å². The Morgan fingerprint density at radius 2 is 1.08 bits per heavy atom. The van der Waals surface area contributed by atoms with E-state index >= 15 is 0 Å². The van der Waals surface area contributed by atoms with Gasteiger partial charge in [-0.3, -0.25) is 0 Å². The highest BCUT2D eigenvalue weighted by Crippen LogP contribution is 2.59. The highest BCUT2D eigenvalue weighted by atomic mass is 16.2. The average Bonchev–Trinajstić information content (AvgIpc) is 3.11. The molecule has 10 rings (SSSR count). The predicted molar refractivity (Wildman–Crippen MR) is 203 cm³/mol. The molecule has 4 fully saturated rings. The van der Waals surface area contributed by atoms with E-state index in [1.54, 1.807) is 0 Å². The first-order valence-corrected chi connectivity index (χ1v) is 18.3. The summed E-state index contributed by atoms with van der Waals surface area (Å²) in [6.45, 7) is 3.66. The zero-order valence-corrected chi connectivity index (χ0v) is 28.7. The molecule has 0 radical (unpaired) electrons. The van der Waals surface area contributed by atoms with Crippen LogP contribution in [0.4, 0.5) is 9.59 Å². The van der Waals surface area contributed by atoms with Crippen molar-refractivity contribution < 1.29 is 9.59 Å². The number of carbonyl (C=O) groups excluding carboxylic acids is 2.